The molecule has 1 heterocycles. The van der Waals surface area contributed by atoms with E-state index < -0.39 is 17.6 Å². The molecule has 9 heteroatoms. The molecule has 0 saturated heterocycles. The van der Waals surface area contributed by atoms with E-state index in [1.165, 1.54) is 20.3 Å². The van der Waals surface area contributed by atoms with Crippen LogP contribution in [0.4, 0.5) is 0 Å². The Hall–Kier alpha value is -2.97. The van der Waals surface area contributed by atoms with Crippen molar-refractivity contribution >= 4 is 11.9 Å². The van der Waals surface area contributed by atoms with Gasteiger partial charge in [0.2, 0.25) is 0 Å². The minimum absolute atomic E-state index is 0.0112. The maximum Gasteiger partial charge on any atom is 0.368 e. The van der Waals surface area contributed by atoms with E-state index in [1.54, 1.807) is 18.2 Å². The molecule has 0 N–H and O–H groups in total. The number of benzene rings is 1. The summed E-state index contributed by atoms with van der Waals surface area (Å²) in [5.41, 5.74) is 0.138. The minimum Gasteiger partial charge on any atom is -0.469 e. The van der Waals surface area contributed by atoms with Crippen LogP contribution < -0.4 is 5.69 Å². The number of ether oxygens (including phenoxy) is 2. The van der Waals surface area contributed by atoms with Gasteiger partial charge in [-0.2, -0.15) is 9.36 Å². The summed E-state index contributed by atoms with van der Waals surface area (Å²) in [6.45, 7) is 0.0577. The first kappa shape index (κ1) is 15.4. The molecule has 1 aromatic carbocycles. The van der Waals surface area contributed by atoms with Gasteiger partial charge in [-0.15, -0.1) is 0 Å². The van der Waals surface area contributed by atoms with Crippen LogP contribution >= 0.6 is 0 Å². The highest BCUT2D eigenvalue weighted by Crippen LogP contribution is 2.08. The van der Waals surface area contributed by atoms with Gasteiger partial charge in [0.1, 0.15) is 0 Å². The number of carbonyl (C=O) groups is 2. The number of tetrazole rings is 1. The number of hydrogen-bond acceptors (Lipinski definition) is 7. The molecule has 0 aliphatic heterocycles. The number of esters is 2. The average Bonchev–Trinajstić information content (AvgIpc) is 2.92. The summed E-state index contributed by atoms with van der Waals surface area (Å²) in [7, 11) is 2.53. The summed E-state index contributed by atoms with van der Waals surface area (Å²) in [5.74, 6) is -0.970. The second-order valence-electron chi connectivity index (χ2n) is 4.26. The predicted molar refractivity (Wildman–Crippen MR) is 73.6 cm³/mol. The lowest BCUT2D eigenvalue weighted by Crippen LogP contribution is -2.25. The molecule has 0 saturated carbocycles. The Balaban J connectivity index is 2.27. The van der Waals surface area contributed by atoms with E-state index >= 15 is 0 Å². The summed E-state index contributed by atoms with van der Waals surface area (Å²) >= 11 is 0. The lowest BCUT2D eigenvalue weighted by atomic mass is 10.2. The molecule has 0 spiro atoms. The van der Waals surface area contributed by atoms with Crippen LogP contribution in [0.15, 0.2) is 29.1 Å². The van der Waals surface area contributed by atoms with Crippen molar-refractivity contribution < 1.29 is 19.1 Å². The third-order valence-electron chi connectivity index (χ3n) is 2.91. The molecule has 2 aromatic rings. The van der Waals surface area contributed by atoms with Gasteiger partial charge in [-0.3, -0.25) is 4.79 Å². The maximum atomic E-state index is 12.2. The second kappa shape index (κ2) is 6.66. The third kappa shape index (κ3) is 3.19. The van der Waals surface area contributed by atoms with Crippen molar-refractivity contribution in [2.75, 3.05) is 14.2 Å². The highest BCUT2D eigenvalue weighted by Gasteiger charge is 2.12. The number of hydrogen-bond donors (Lipinski definition) is 0. The second-order valence-corrected chi connectivity index (χ2v) is 4.26. The fraction of sp³-hybridized carbons (Fsp3) is 0.308. The van der Waals surface area contributed by atoms with Crippen molar-refractivity contribution in [3.05, 3.63) is 40.3 Å². The van der Waals surface area contributed by atoms with Crippen LogP contribution in [-0.2, 0) is 20.8 Å². The highest BCUT2D eigenvalue weighted by molar-refractivity contribution is 5.89. The quantitative estimate of drug-likeness (QED) is 0.703. The van der Waals surface area contributed by atoms with Gasteiger partial charge in [-0.25, -0.2) is 9.59 Å². The van der Waals surface area contributed by atoms with Crippen molar-refractivity contribution in [3.8, 4) is 5.69 Å². The molecule has 0 bridgehead atoms. The minimum atomic E-state index is -0.522. The molecule has 0 aliphatic rings. The summed E-state index contributed by atoms with van der Waals surface area (Å²) in [5, 5.41) is 7.42. The Labute approximate surface area is 125 Å². The fourth-order valence-electron chi connectivity index (χ4n) is 1.76. The highest BCUT2D eigenvalue weighted by atomic mass is 16.5. The molecule has 0 atom stereocenters. The first-order chi connectivity index (χ1) is 10.6. The predicted octanol–water partition coefficient (Wildman–Crippen LogP) is -0.221. The third-order valence-corrected chi connectivity index (χ3v) is 2.91. The first-order valence-corrected chi connectivity index (χ1v) is 6.35. The van der Waals surface area contributed by atoms with Crippen LogP contribution in [0.1, 0.15) is 16.8 Å². The molecule has 22 heavy (non-hydrogen) atoms. The average molecular weight is 306 g/mol. The standard InChI is InChI=1S/C13H14N4O5/c1-21-11(18)6-7-16-13(20)17(15-14-16)10-5-3-4-9(8-10)12(19)22-2/h3-5,8H,6-7H2,1-2H3. The van der Waals surface area contributed by atoms with E-state index in [-0.39, 0.29) is 18.5 Å². The van der Waals surface area contributed by atoms with Crippen molar-refractivity contribution in [1.82, 2.24) is 19.8 Å². The zero-order valence-electron chi connectivity index (χ0n) is 12.1. The Morgan fingerprint density at radius 2 is 1.95 bits per heavy atom. The maximum absolute atomic E-state index is 12.2. The molecule has 0 amide bonds. The van der Waals surface area contributed by atoms with Crippen LogP contribution in [0.2, 0.25) is 0 Å². The molecular formula is C13H14N4O5. The smallest absolute Gasteiger partial charge is 0.368 e. The van der Waals surface area contributed by atoms with Gasteiger partial charge in [0, 0.05) is 0 Å². The van der Waals surface area contributed by atoms with Gasteiger partial charge < -0.3 is 9.47 Å². The van der Waals surface area contributed by atoms with Crippen LogP contribution in [0.5, 0.6) is 0 Å². The molecule has 1 aromatic heterocycles. The van der Waals surface area contributed by atoms with E-state index in [0.717, 1.165) is 9.36 Å². The van der Waals surface area contributed by atoms with E-state index in [0.29, 0.717) is 5.69 Å². The molecule has 0 aliphatic carbocycles. The zero-order valence-corrected chi connectivity index (χ0v) is 12.1. The number of aryl methyl sites for hydroxylation is 1. The summed E-state index contributed by atoms with van der Waals surface area (Å²) in [4.78, 5) is 34.7. The fourth-order valence-corrected chi connectivity index (χ4v) is 1.76. The SMILES string of the molecule is COC(=O)CCn1nnn(-c2cccc(C(=O)OC)c2)c1=O. The van der Waals surface area contributed by atoms with E-state index in [1.807, 2.05) is 0 Å². The summed E-state index contributed by atoms with van der Waals surface area (Å²) in [6.07, 6.45) is 0.0112. The number of carbonyl (C=O) groups excluding carboxylic acids is 2. The van der Waals surface area contributed by atoms with Crippen LogP contribution in [0.25, 0.3) is 5.69 Å². The van der Waals surface area contributed by atoms with E-state index in [9.17, 15) is 14.4 Å². The van der Waals surface area contributed by atoms with Gasteiger partial charge >= 0.3 is 17.6 Å². The normalized spacial score (nSPS) is 10.3. The Bertz CT molecular complexity index is 749. The van der Waals surface area contributed by atoms with Crippen LogP contribution in [0, 0.1) is 0 Å². The molecule has 0 radical (unpaired) electrons. The topological polar surface area (TPSA) is 105 Å². The van der Waals surface area contributed by atoms with Crippen LogP contribution in [0.3, 0.4) is 0 Å². The van der Waals surface area contributed by atoms with Crippen molar-refractivity contribution in [2.24, 2.45) is 0 Å². The van der Waals surface area contributed by atoms with Crippen molar-refractivity contribution in [3.63, 3.8) is 0 Å². The van der Waals surface area contributed by atoms with Crippen molar-refractivity contribution in [1.29, 1.82) is 0 Å². The van der Waals surface area contributed by atoms with Gasteiger partial charge in [-0.1, -0.05) is 6.07 Å². The Morgan fingerprint density at radius 3 is 2.64 bits per heavy atom. The molecule has 0 fully saturated rings. The summed E-state index contributed by atoms with van der Waals surface area (Å²) < 4.78 is 11.2. The molecular weight excluding hydrogens is 292 g/mol. The molecule has 9 nitrogen and oxygen atoms in total. The van der Waals surface area contributed by atoms with Gasteiger partial charge in [0.05, 0.1) is 38.4 Å². The summed E-state index contributed by atoms with van der Waals surface area (Å²) in [6, 6.07) is 6.23. The van der Waals surface area contributed by atoms with Gasteiger partial charge in [-0.05, 0) is 28.6 Å². The Kier molecular flexibility index (Phi) is 4.66. The van der Waals surface area contributed by atoms with E-state index in [2.05, 4.69) is 19.9 Å². The molecule has 116 valence electrons. The largest absolute Gasteiger partial charge is 0.469 e. The monoisotopic (exact) mass is 306 g/mol. The zero-order chi connectivity index (χ0) is 16.1. The van der Waals surface area contributed by atoms with Gasteiger partial charge in [0.15, 0.2) is 0 Å². The lowest BCUT2D eigenvalue weighted by Gasteiger charge is -2.02. The van der Waals surface area contributed by atoms with E-state index in [4.69, 9.17) is 0 Å². The van der Waals surface area contributed by atoms with Crippen LogP contribution in [-0.4, -0.2) is 45.9 Å². The lowest BCUT2D eigenvalue weighted by molar-refractivity contribution is -0.140. The number of rotatable bonds is 5. The van der Waals surface area contributed by atoms with Crippen molar-refractivity contribution in [2.45, 2.75) is 13.0 Å². The number of aromatic nitrogens is 4. The van der Waals surface area contributed by atoms with Gasteiger partial charge in [0.25, 0.3) is 0 Å². The Morgan fingerprint density at radius 1 is 1.18 bits per heavy atom. The first-order valence-electron chi connectivity index (χ1n) is 6.35. The molecule has 2 rings (SSSR count). The molecule has 0 unspecified atom stereocenters. The number of nitrogens with zero attached hydrogens (tertiary/aromatic N) is 4. The number of methoxy groups -OCH3 is 2.